The van der Waals surface area contributed by atoms with Crippen LogP contribution in [0.5, 0.6) is 0 Å². The van der Waals surface area contributed by atoms with Gasteiger partial charge in [-0.25, -0.2) is 4.79 Å². The first-order valence-corrected chi connectivity index (χ1v) is 7.37. The largest absolute Gasteiger partial charge is 0.768 e. The molecule has 114 valence electrons. The Kier molecular flexibility index (Phi) is 4.92. The number of carbonyl (C=O) groups excluding carboxylic acids is 1. The summed E-state index contributed by atoms with van der Waals surface area (Å²) in [7, 11) is 0. The van der Waals surface area contributed by atoms with Crippen LogP contribution in [0.25, 0.3) is 0 Å². The molecule has 1 unspecified atom stereocenters. The molecule has 0 aliphatic rings. The highest BCUT2D eigenvalue weighted by Gasteiger charge is 2.17. The molecular formula is C14H9ClNO5S-. The molecule has 0 bridgehead atoms. The van der Waals surface area contributed by atoms with Gasteiger partial charge in [0.25, 0.3) is 5.91 Å². The summed E-state index contributed by atoms with van der Waals surface area (Å²) in [6.07, 6.45) is 0. The fourth-order valence-corrected chi connectivity index (χ4v) is 2.27. The molecule has 2 N–H and O–H groups in total. The van der Waals surface area contributed by atoms with Gasteiger partial charge in [-0.3, -0.25) is 9.00 Å². The number of amides is 1. The van der Waals surface area contributed by atoms with Gasteiger partial charge in [0, 0.05) is 15.6 Å². The first-order chi connectivity index (χ1) is 10.4. The lowest BCUT2D eigenvalue weighted by molar-refractivity contribution is 0.0692. The lowest BCUT2D eigenvalue weighted by Gasteiger charge is -2.10. The second kappa shape index (κ2) is 6.69. The maximum Gasteiger partial charge on any atom is 0.336 e. The SMILES string of the molecule is O=C(O)c1ccc(Cl)cc1C(=O)Nc1ccc(S(=O)[O-])cc1. The number of carbonyl (C=O) groups is 2. The predicted molar refractivity (Wildman–Crippen MR) is 80.0 cm³/mol. The van der Waals surface area contributed by atoms with Crippen LogP contribution in [0.15, 0.2) is 47.4 Å². The number of anilines is 1. The fraction of sp³-hybridized carbons (Fsp3) is 0. The Balaban J connectivity index is 2.27. The van der Waals surface area contributed by atoms with Crippen LogP contribution in [0.2, 0.25) is 5.02 Å². The van der Waals surface area contributed by atoms with E-state index in [9.17, 15) is 18.4 Å². The predicted octanol–water partition coefficient (Wildman–Crippen LogP) is 2.53. The summed E-state index contributed by atoms with van der Waals surface area (Å²) in [6, 6.07) is 9.29. The zero-order valence-electron chi connectivity index (χ0n) is 10.9. The minimum Gasteiger partial charge on any atom is -0.768 e. The number of nitrogens with one attached hydrogen (secondary N) is 1. The van der Waals surface area contributed by atoms with Crippen LogP contribution >= 0.6 is 11.6 Å². The smallest absolute Gasteiger partial charge is 0.336 e. The number of benzene rings is 2. The van der Waals surface area contributed by atoms with Crippen LogP contribution in [0.1, 0.15) is 20.7 Å². The van der Waals surface area contributed by atoms with E-state index in [0.717, 1.165) is 0 Å². The standard InChI is InChI=1S/C14H10ClNO5S/c15-8-1-6-11(14(18)19)12(7-8)13(17)16-9-2-4-10(5-3-9)22(20)21/h1-7H,(H,16,17)(H,18,19)(H,20,21)/p-1. The fourth-order valence-electron chi connectivity index (χ4n) is 1.74. The first-order valence-electron chi connectivity index (χ1n) is 5.92. The molecule has 0 fully saturated rings. The van der Waals surface area contributed by atoms with E-state index in [1.807, 2.05) is 0 Å². The van der Waals surface area contributed by atoms with Gasteiger partial charge in [-0.1, -0.05) is 11.6 Å². The van der Waals surface area contributed by atoms with E-state index in [0.29, 0.717) is 5.69 Å². The van der Waals surface area contributed by atoms with Crippen LogP contribution in [0, 0.1) is 0 Å². The number of carboxylic acid groups (broad SMARTS) is 1. The van der Waals surface area contributed by atoms with Gasteiger partial charge >= 0.3 is 5.97 Å². The molecule has 0 aliphatic carbocycles. The molecule has 2 aromatic carbocycles. The van der Waals surface area contributed by atoms with Crippen LogP contribution in [-0.2, 0) is 11.1 Å². The van der Waals surface area contributed by atoms with E-state index in [2.05, 4.69) is 5.32 Å². The van der Waals surface area contributed by atoms with E-state index < -0.39 is 23.0 Å². The topological polar surface area (TPSA) is 107 Å². The molecule has 8 heteroatoms. The van der Waals surface area contributed by atoms with Crippen molar-refractivity contribution in [2.45, 2.75) is 4.90 Å². The zero-order valence-corrected chi connectivity index (χ0v) is 12.5. The molecule has 1 amide bonds. The molecule has 0 aromatic heterocycles. The van der Waals surface area contributed by atoms with Gasteiger partial charge in [0.1, 0.15) is 0 Å². The molecule has 0 heterocycles. The van der Waals surface area contributed by atoms with Gasteiger partial charge in [-0.05, 0) is 53.5 Å². The number of rotatable bonds is 4. The summed E-state index contributed by atoms with van der Waals surface area (Å²) < 4.78 is 21.5. The first kappa shape index (κ1) is 16.2. The third-order valence-corrected chi connectivity index (χ3v) is 3.65. The van der Waals surface area contributed by atoms with Crippen molar-refractivity contribution >= 4 is 40.2 Å². The molecule has 2 rings (SSSR count). The molecule has 0 spiro atoms. The molecule has 6 nitrogen and oxygen atoms in total. The second-order valence-corrected chi connectivity index (χ2v) is 5.59. The van der Waals surface area contributed by atoms with Gasteiger partial charge < -0.3 is 15.0 Å². The van der Waals surface area contributed by atoms with Crippen LogP contribution in [0.4, 0.5) is 5.69 Å². The quantitative estimate of drug-likeness (QED) is 0.833. The van der Waals surface area contributed by atoms with Crippen molar-refractivity contribution < 1.29 is 23.5 Å². The Labute approximate surface area is 133 Å². The van der Waals surface area contributed by atoms with Crippen LogP contribution in [0.3, 0.4) is 0 Å². The normalized spacial score (nSPS) is 11.7. The number of halogens is 1. The summed E-state index contributed by atoms with van der Waals surface area (Å²) in [5.74, 6) is -1.91. The van der Waals surface area contributed by atoms with Crippen molar-refractivity contribution in [3.63, 3.8) is 0 Å². The summed E-state index contributed by atoms with van der Waals surface area (Å²) in [5.41, 5.74) is 0.0613. The summed E-state index contributed by atoms with van der Waals surface area (Å²) in [5, 5.41) is 11.8. The van der Waals surface area contributed by atoms with Crippen molar-refractivity contribution in [1.82, 2.24) is 0 Å². The molecule has 1 atom stereocenters. The highest BCUT2D eigenvalue weighted by molar-refractivity contribution is 7.79. The van der Waals surface area contributed by atoms with Crippen molar-refractivity contribution in [2.75, 3.05) is 5.32 Å². The molecule has 0 radical (unpaired) electrons. The number of hydrogen-bond donors (Lipinski definition) is 2. The molecule has 0 aliphatic heterocycles. The van der Waals surface area contributed by atoms with Crippen LogP contribution < -0.4 is 5.32 Å². The summed E-state index contributed by atoms with van der Waals surface area (Å²) in [4.78, 5) is 23.3. The van der Waals surface area contributed by atoms with Gasteiger partial charge in [0.05, 0.1) is 11.1 Å². The molecule has 0 saturated heterocycles. The van der Waals surface area contributed by atoms with Gasteiger partial charge in [0.15, 0.2) is 0 Å². The minimum atomic E-state index is -2.36. The number of carboxylic acids is 1. The Hall–Kier alpha value is -2.22. The van der Waals surface area contributed by atoms with Crippen molar-refractivity contribution in [2.24, 2.45) is 0 Å². The molecule has 0 saturated carbocycles. The minimum absolute atomic E-state index is 0.0759. The maximum atomic E-state index is 12.2. The molecule has 22 heavy (non-hydrogen) atoms. The van der Waals surface area contributed by atoms with Gasteiger partial charge in [-0.15, -0.1) is 0 Å². The summed E-state index contributed by atoms with van der Waals surface area (Å²) in [6.45, 7) is 0. The van der Waals surface area contributed by atoms with Crippen molar-refractivity contribution in [3.8, 4) is 0 Å². The van der Waals surface area contributed by atoms with Crippen LogP contribution in [-0.4, -0.2) is 25.7 Å². The Bertz CT molecular complexity index is 760. The van der Waals surface area contributed by atoms with Gasteiger partial charge in [0.2, 0.25) is 0 Å². The number of hydrogen-bond acceptors (Lipinski definition) is 4. The lowest BCUT2D eigenvalue weighted by Crippen LogP contribution is -2.16. The monoisotopic (exact) mass is 338 g/mol. The average Bonchev–Trinajstić information content (AvgIpc) is 2.47. The Morgan fingerprint density at radius 3 is 2.27 bits per heavy atom. The van der Waals surface area contributed by atoms with Gasteiger partial charge in [-0.2, -0.15) is 0 Å². The van der Waals surface area contributed by atoms with E-state index >= 15 is 0 Å². The highest BCUT2D eigenvalue weighted by Crippen LogP contribution is 2.19. The van der Waals surface area contributed by atoms with Crippen molar-refractivity contribution in [1.29, 1.82) is 0 Å². The van der Waals surface area contributed by atoms with E-state index in [4.69, 9.17) is 16.7 Å². The van der Waals surface area contributed by atoms with E-state index in [1.165, 1.54) is 42.5 Å². The average molecular weight is 339 g/mol. The Morgan fingerprint density at radius 1 is 1.09 bits per heavy atom. The summed E-state index contributed by atoms with van der Waals surface area (Å²) >= 11 is 3.43. The Morgan fingerprint density at radius 2 is 1.73 bits per heavy atom. The second-order valence-electron chi connectivity index (χ2n) is 4.21. The molecule has 2 aromatic rings. The van der Waals surface area contributed by atoms with E-state index in [1.54, 1.807) is 0 Å². The number of aromatic carboxylic acids is 1. The van der Waals surface area contributed by atoms with E-state index in [-0.39, 0.29) is 21.0 Å². The van der Waals surface area contributed by atoms with Crippen molar-refractivity contribution in [3.05, 3.63) is 58.6 Å². The zero-order chi connectivity index (χ0) is 16.3. The maximum absolute atomic E-state index is 12.2. The third kappa shape index (κ3) is 3.70. The highest BCUT2D eigenvalue weighted by atomic mass is 35.5. The molecular weight excluding hydrogens is 330 g/mol. The lowest BCUT2D eigenvalue weighted by atomic mass is 10.1. The third-order valence-electron chi connectivity index (χ3n) is 2.76.